The van der Waals surface area contributed by atoms with Gasteiger partial charge in [0.25, 0.3) is 5.91 Å². The van der Waals surface area contributed by atoms with E-state index in [2.05, 4.69) is 0 Å². The van der Waals surface area contributed by atoms with E-state index in [-0.39, 0.29) is 10.6 Å². The number of aryl methyl sites for hydroxylation is 2. The third-order valence-electron chi connectivity index (χ3n) is 2.30. The minimum Gasteiger partial charge on any atom is -0.482 e. The fourth-order valence-corrected chi connectivity index (χ4v) is 2.45. The molecule has 1 aromatic rings. The Labute approximate surface area is 116 Å². The van der Waals surface area contributed by atoms with Crippen LogP contribution in [0.15, 0.2) is 17.0 Å². The summed E-state index contributed by atoms with van der Waals surface area (Å²) in [6.07, 6.45) is 0. The average molecular weight is 301 g/mol. The smallest absolute Gasteiger partial charge is 0.318 e. The molecule has 0 fully saturated rings. The first-order valence-corrected chi connectivity index (χ1v) is 7.02. The zero-order chi connectivity index (χ0) is 15.5. The molecule has 0 saturated heterocycles. The number of sulfonamides is 1. The van der Waals surface area contributed by atoms with Gasteiger partial charge in [-0.05, 0) is 31.0 Å². The molecule has 0 aromatic heterocycles. The molecule has 0 saturated carbocycles. The number of benzene rings is 1. The molecule has 0 bridgehead atoms. The Morgan fingerprint density at radius 2 is 1.90 bits per heavy atom. The quantitative estimate of drug-likeness (QED) is 0.688. The molecule has 0 spiro atoms. The molecule has 5 N–H and O–H groups in total. The maximum atomic E-state index is 11.5. The number of hydrogen-bond acceptors (Lipinski definition) is 5. The van der Waals surface area contributed by atoms with Crippen molar-refractivity contribution in [2.24, 2.45) is 10.9 Å². The van der Waals surface area contributed by atoms with Gasteiger partial charge in [0, 0.05) is 0 Å². The van der Waals surface area contributed by atoms with Gasteiger partial charge in [-0.1, -0.05) is 6.07 Å². The number of nitrogens with one attached hydrogen (secondary N) is 1. The summed E-state index contributed by atoms with van der Waals surface area (Å²) in [7, 11) is -4.00. The van der Waals surface area contributed by atoms with Crippen molar-refractivity contribution in [3.8, 4) is 5.75 Å². The van der Waals surface area contributed by atoms with Crippen molar-refractivity contribution in [2.75, 3.05) is 6.61 Å². The predicted molar refractivity (Wildman–Crippen MR) is 70.5 cm³/mol. The SMILES string of the molecule is Cc1cc(C)c(OCC(=O)NC(N)=O)c(S(N)(=O)=O)c1. The fourth-order valence-electron chi connectivity index (χ4n) is 1.62. The van der Waals surface area contributed by atoms with Crippen molar-refractivity contribution in [1.29, 1.82) is 0 Å². The molecule has 0 unspecified atom stereocenters. The van der Waals surface area contributed by atoms with Gasteiger partial charge in [0.1, 0.15) is 10.6 Å². The van der Waals surface area contributed by atoms with Crippen LogP contribution in [0.4, 0.5) is 4.79 Å². The van der Waals surface area contributed by atoms with Crippen molar-refractivity contribution >= 4 is 22.0 Å². The normalized spacial score (nSPS) is 10.9. The Morgan fingerprint density at radius 1 is 1.30 bits per heavy atom. The second kappa shape index (κ2) is 5.88. The van der Waals surface area contributed by atoms with Crippen LogP contribution in [-0.2, 0) is 14.8 Å². The molecular weight excluding hydrogens is 286 g/mol. The summed E-state index contributed by atoms with van der Waals surface area (Å²) < 4.78 is 28.1. The Balaban J connectivity index is 3.06. The Bertz CT molecular complexity index is 654. The summed E-state index contributed by atoms with van der Waals surface area (Å²) in [5, 5.41) is 6.90. The fraction of sp³-hybridized carbons (Fsp3) is 0.273. The van der Waals surface area contributed by atoms with Crippen LogP contribution in [0.25, 0.3) is 0 Å². The van der Waals surface area contributed by atoms with Gasteiger partial charge < -0.3 is 10.5 Å². The molecule has 0 heterocycles. The molecule has 0 aliphatic carbocycles. The molecule has 110 valence electrons. The van der Waals surface area contributed by atoms with Crippen LogP contribution in [0.2, 0.25) is 0 Å². The molecule has 3 amide bonds. The summed E-state index contributed by atoms with van der Waals surface area (Å²) in [4.78, 5) is 21.5. The van der Waals surface area contributed by atoms with Gasteiger partial charge >= 0.3 is 6.03 Å². The standard InChI is InChI=1S/C11H15N3O5S/c1-6-3-7(2)10(8(4-6)20(13,17)18)19-5-9(15)14-11(12)16/h3-4H,5H2,1-2H3,(H2,13,17,18)(H3,12,14,15,16). The molecule has 1 aromatic carbocycles. The van der Waals surface area contributed by atoms with Crippen LogP contribution in [0, 0.1) is 13.8 Å². The maximum Gasteiger partial charge on any atom is 0.318 e. The lowest BCUT2D eigenvalue weighted by Gasteiger charge is -2.13. The number of rotatable bonds is 4. The third kappa shape index (κ3) is 4.21. The first kappa shape index (κ1) is 15.9. The molecule has 0 aliphatic rings. The summed E-state index contributed by atoms with van der Waals surface area (Å²) in [5.74, 6) is -0.824. The summed E-state index contributed by atoms with van der Waals surface area (Å²) >= 11 is 0. The second-order valence-corrected chi connectivity index (χ2v) is 5.69. The molecule has 20 heavy (non-hydrogen) atoms. The van der Waals surface area contributed by atoms with E-state index in [4.69, 9.17) is 15.6 Å². The number of carbonyl (C=O) groups is 2. The van der Waals surface area contributed by atoms with Crippen LogP contribution >= 0.6 is 0 Å². The monoisotopic (exact) mass is 301 g/mol. The molecule has 9 heteroatoms. The zero-order valence-corrected chi connectivity index (χ0v) is 11.8. The highest BCUT2D eigenvalue weighted by Gasteiger charge is 2.19. The first-order chi connectivity index (χ1) is 9.11. The van der Waals surface area contributed by atoms with E-state index < -0.39 is 28.6 Å². The third-order valence-corrected chi connectivity index (χ3v) is 3.22. The molecule has 8 nitrogen and oxygen atoms in total. The number of imide groups is 1. The number of urea groups is 1. The van der Waals surface area contributed by atoms with Crippen molar-refractivity contribution in [3.05, 3.63) is 23.3 Å². The topological polar surface area (TPSA) is 142 Å². The lowest BCUT2D eigenvalue weighted by atomic mass is 10.1. The van der Waals surface area contributed by atoms with Crippen molar-refractivity contribution in [2.45, 2.75) is 18.7 Å². The van der Waals surface area contributed by atoms with Gasteiger partial charge in [-0.15, -0.1) is 0 Å². The van der Waals surface area contributed by atoms with E-state index in [0.29, 0.717) is 11.1 Å². The van der Waals surface area contributed by atoms with Crippen molar-refractivity contribution in [3.63, 3.8) is 0 Å². The largest absolute Gasteiger partial charge is 0.482 e. The average Bonchev–Trinajstić information content (AvgIpc) is 2.24. The highest BCUT2D eigenvalue weighted by Crippen LogP contribution is 2.28. The van der Waals surface area contributed by atoms with Crippen LogP contribution in [0.3, 0.4) is 0 Å². The van der Waals surface area contributed by atoms with Gasteiger partial charge in [0.05, 0.1) is 0 Å². The van der Waals surface area contributed by atoms with E-state index in [1.54, 1.807) is 25.2 Å². The van der Waals surface area contributed by atoms with E-state index in [0.717, 1.165) is 0 Å². The van der Waals surface area contributed by atoms with Crippen LogP contribution in [0.5, 0.6) is 5.75 Å². The Kier molecular flexibility index (Phi) is 4.69. The summed E-state index contributed by atoms with van der Waals surface area (Å²) in [6.45, 7) is 2.75. The molecule has 0 atom stereocenters. The Hall–Kier alpha value is -2.13. The lowest BCUT2D eigenvalue weighted by molar-refractivity contribution is -0.122. The summed E-state index contributed by atoms with van der Waals surface area (Å²) in [6, 6.07) is 1.99. The lowest BCUT2D eigenvalue weighted by Crippen LogP contribution is -2.38. The van der Waals surface area contributed by atoms with E-state index in [1.807, 2.05) is 0 Å². The first-order valence-electron chi connectivity index (χ1n) is 5.47. The number of amides is 3. The van der Waals surface area contributed by atoms with E-state index in [1.165, 1.54) is 6.07 Å². The molecule has 1 rings (SSSR count). The van der Waals surface area contributed by atoms with Gasteiger partial charge in [0.15, 0.2) is 6.61 Å². The van der Waals surface area contributed by atoms with Crippen molar-refractivity contribution in [1.82, 2.24) is 5.32 Å². The molecule has 0 aliphatic heterocycles. The molecular formula is C11H15N3O5S. The van der Waals surface area contributed by atoms with Crippen molar-refractivity contribution < 1.29 is 22.7 Å². The number of primary amides is 1. The van der Waals surface area contributed by atoms with Gasteiger partial charge in [0.2, 0.25) is 10.0 Å². The van der Waals surface area contributed by atoms with Gasteiger partial charge in [-0.25, -0.2) is 18.4 Å². The summed E-state index contributed by atoms with van der Waals surface area (Å²) in [5.41, 5.74) is 5.95. The number of ether oxygens (including phenoxy) is 1. The van der Waals surface area contributed by atoms with Crippen LogP contribution in [0.1, 0.15) is 11.1 Å². The number of hydrogen-bond donors (Lipinski definition) is 3. The van der Waals surface area contributed by atoms with E-state index in [9.17, 15) is 18.0 Å². The second-order valence-electron chi connectivity index (χ2n) is 4.16. The maximum absolute atomic E-state index is 11.5. The number of carbonyl (C=O) groups excluding carboxylic acids is 2. The van der Waals surface area contributed by atoms with Crippen LogP contribution < -0.4 is 20.9 Å². The highest BCUT2D eigenvalue weighted by atomic mass is 32.2. The zero-order valence-electron chi connectivity index (χ0n) is 11.0. The van der Waals surface area contributed by atoms with Crippen LogP contribution in [-0.4, -0.2) is 27.0 Å². The number of primary sulfonamides is 1. The van der Waals surface area contributed by atoms with Gasteiger partial charge in [-0.2, -0.15) is 0 Å². The number of nitrogens with two attached hydrogens (primary N) is 2. The molecule has 0 radical (unpaired) electrons. The van der Waals surface area contributed by atoms with E-state index >= 15 is 0 Å². The highest BCUT2D eigenvalue weighted by molar-refractivity contribution is 7.89. The Morgan fingerprint density at radius 3 is 2.40 bits per heavy atom. The predicted octanol–water partition coefficient (Wildman–Crippen LogP) is -0.475. The minimum atomic E-state index is -4.00. The van der Waals surface area contributed by atoms with Gasteiger partial charge in [-0.3, -0.25) is 10.1 Å². The minimum absolute atomic E-state index is 0.0299.